The lowest BCUT2D eigenvalue weighted by Crippen LogP contribution is -2.48. The summed E-state index contributed by atoms with van der Waals surface area (Å²) in [5.41, 5.74) is -0.497. The molecule has 2 N–H and O–H groups in total. The summed E-state index contributed by atoms with van der Waals surface area (Å²) in [6.45, 7) is 8.45. The van der Waals surface area contributed by atoms with Gasteiger partial charge < -0.3 is 10.4 Å². The average molecular weight is 242 g/mol. The van der Waals surface area contributed by atoms with E-state index in [1.165, 1.54) is 12.8 Å². The standard InChI is InChI=1S/C13H26N2O2/c1-12(2)7-5-9-15(12)10-6-8-13(3,14-4)11(16)17/h14H,5-10H2,1-4H3,(H,16,17). The van der Waals surface area contributed by atoms with Crippen LogP contribution < -0.4 is 5.32 Å². The van der Waals surface area contributed by atoms with Crippen molar-refractivity contribution < 1.29 is 9.90 Å². The van der Waals surface area contributed by atoms with E-state index in [0.717, 1.165) is 19.5 Å². The quantitative estimate of drug-likeness (QED) is 0.744. The third-order valence-electron chi connectivity index (χ3n) is 4.20. The first-order valence-corrected chi connectivity index (χ1v) is 6.49. The number of rotatable bonds is 6. The SMILES string of the molecule is CNC(C)(CCCN1CCCC1(C)C)C(=O)O. The van der Waals surface area contributed by atoms with E-state index in [1.807, 2.05) is 0 Å². The van der Waals surface area contributed by atoms with Gasteiger partial charge in [0.25, 0.3) is 0 Å². The van der Waals surface area contributed by atoms with Crippen molar-refractivity contribution in [1.82, 2.24) is 10.2 Å². The molecular weight excluding hydrogens is 216 g/mol. The summed E-state index contributed by atoms with van der Waals surface area (Å²) in [6, 6.07) is 0. The molecule has 17 heavy (non-hydrogen) atoms. The van der Waals surface area contributed by atoms with Gasteiger partial charge in [0.1, 0.15) is 5.54 Å². The van der Waals surface area contributed by atoms with Gasteiger partial charge in [0.15, 0.2) is 0 Å². The smallest absolute Gasteiger partial charge is 0.323 e. The van der Waals surface area contributed by atoms with Crippen molar-refractivity contribution in [3.05, 3.63) is 0 Å². The Balaban J connectivity index is 2.39. The Bertz CT molecular complexity index is 279. The van der Waals surface area contributed by atoms with E-state index in [4.69, 9.17) is 5.11 Å². The third kappa shape index (κ3) is 3.42. The molecule has 0 amide bonds. The number of carbonyl (C=O) groups is 1. The van der Waals surface area contributed by atoms with Gasteiger partial charge in [-0.15, -0.1) is 0 Å². The van der Waals surface area contributed by atoms with Crippen LogP contribution in [0.15, 0.2) is 0 Å². The van der Waals surface area contributed by atoms with Crippen molar-refractivity contribution in [1.29, 1.82) is 0 Å². The van der Waals surface area contributed by atoms with E-state index in [9.17, 15) is 4.79 Å². The van der Waals surface area contributed by atoms with Crippen LogP contribution in [0.5, 0.6) is 0 Å². The molecule has 1 saturated heterocycles. The van der Waals surface area contributed by atoms with E-state index in [-0.39, 0.29) is 0 Å². The van der Waals surface area contributed by atoms with Crippen LogP contribution in [0.25, 0.3) is 0 Å². The highest BCUT2D eigenvalue weighted by molar-refractivity contribution is 5.78. The second-order valence-corrected chi connectivity index (χ2v) is 5.89. The Morgan fingerprint density at radius 1 is 1.53 bits per heavy atom. The van der Waals surface area contributed by atoms with Crippen molar-refractivity contribution in [3.63, 3.8) is 0 Å². The zero-order valence-electron chi connectivity index (χ0n) is 11.5. The molecule has 0 aromatic heterocycles. The molecule has 0 aromatic carbocycles. The monoisotopic (exact) mass is 242 g/mol. The maximum Gasteiger partial charge on any atom is 0.323 e. The van der Waals surface area contributed by atoms with Crippen LogP contribution in [0.3, 0.4) is 0 Å². The van der Waals surface area contributed by atoms with E-state index >= 15 is 0 Å². The number of carboxylic acids is 1. The summed E-state index contributed by atoms with van der Waals surface area (Å²) >= 11 is 0. The maximum absolute atomic E-state index is 11.1. The fraction of sp³-hybridized carbons (Fsp3) is 0.923. The summed E-state index contributed by atoms with van der Waals surface area (Å²) in [7, 11) is 1.72. The third-order valence-corrected chi connectivity index (χ3v) is 4.20. The fourth-order valence-corrected chi connectivity index (χ4v) is 2.54. The maximum atomic E-state index is 11.1. The number of hydrogen-bond donors (Lipinski definition) is 2. The van der Waals surface area contributed by atoms with Crippen molar-refractivity contribution >= 4 is 5.97 Å². The molecule has 1 aliphatic rings. The van der Waals surface area contributed by atoms with E-state index in [2.05, 4.69) is 24.1 Å². The lowest BCUT2D eigenvalue weighted by molar-refractivity contribution is -0.144. The van der Waals surface area contributed by atoms with E-state index < -0.39 is 11.5 Å². The zero-order valence-corrected chi connectivity index (χ0v) is 11.5. The first-order chi connectivity index (χ1) is 7.82. The van der Waals surface area contributed by atoms with Gasteiger partial charge in [0, 0.05) is 5.54 Å². The Hall–Kier alpha value is -0.610. The molecule has 0 radical (unpaired) electrons. The molecule has 4 heteroatoms. The highest BCUT2D eigenvalue weighted by Crippen LogP contribution is 2.28. The van der Waals surface area contributed by atoms with Crippen molar-refractivity contribution in [2.45, 2.75) is 57.5 Å². The second kappa shape index (κ2) is 5.36. The molecule has 0 aliphatic carbocycles. The van der Waals surface area contributed by atoms with Gasteiger partial charge >= 0.3 is 5.97 Å². The number of aliphatic carboxylic acids is 1. The molecule has 1 aliphatic heterocycles. The molecule has 0 saturated carbocycles. The van der Waals surface area contributed by atoms with Gasteiger partial charge in [-0.2, -0.15) is 0 Å². The van der Waals surface area contributed by atoms with Crippen LogP contribution in [-0.4, -0.2) is 47.2 Å². The Kier molecular flexibility index (Phi) is 4.55. The van der Waals surface area contributed by atoms with Crippen LogP contribution in [-0.2, 0) is 4.79 Å². The number of carboxylic acid groups (broad SMARTS) is 1. The van der Waals surface area contributed by atoms with Crippen LogP contribution >= 0.6 is 0 Å². The summed E-state index contributed by atoms with van der Waals surface area (Å²) < 4.78 is 0. The van der Waals surface area contributed by atoms with Crippen molar-refractivity contribution in [2.24, 2.45) is 0 Å². The van der Waals surface area contributed by atoms with Gasteiger partial charge in [-0.05, 0) is 66.6 Å². The van der Waals surface area contributed by atoms with E-state index in [1.54, 1.807) is 14.0 Å². The Labute approximate surface area is 104 Å². The molecule has 0 spiro atoms. The van der Waals surface area contributed by atoms with Crippen molar-refractivity contribution in [3.8, 4) is 0 Å². The van der Waals surface area contributed by atoms with Crippen LogP contribution in [0, 0.1) is 0 Å². The molecular formula is C13H26N2O2. The van der Waals surface area contributed by atoms with Crippen LogP contribution in [0.2, 0.25) is 0 Å². The summed E-state index contributed by atoms with van der Waals surface area (Å²) in [6.07, 6.45) is 4.10. The number of hydrogen-bond acceptors (Lipinski definition) is 3. The van der Waals surface area contributed by atoms with Crippen LogP contribution in [0.4, 0.5) is 0 Å². The topological polar surface area (TPSA) is 52.6 Å². The minimum Gasteiger partial charge on any atom is -0.480 e. The number of likely N-dealkylation sites (tertiary alicyclic amines) is 1. The lowest BCUT2D eigenvalue weighted by atomic mass is 9.95. The Morgan fingerprint density at radius 3 is 2.59 bits per heavy atom. The van der Waals surface area contributed by atoms with Gasteiger partial charge in [-0.3, -0.25) is 9.69 Å². The summed E-state index contributed by atoms with van der Waals surface area (Å²) in [5, 5.41) is 12.1. The van der Waals surface area contributed by atoms with Crippen molar-refractivity contribution in [2.75, 3.05) is 20.1 Å². The summed E-state index contributed by atoms with van der Waals surface area (Å²) in [5.74, 6) is -0.763. The molecule has 1 unspecified atom stereocenters. The van der Waals surface area contributed by atoms with E-state index in [0.29, 0.717) is 12.0 Å². The number of nitrogens with zero attached hydrogens (tertiary/aromatic N) is 1. The largest absolute Gasteiger partial charge is 0.480 e. The number of nitrogens with one attached hydrogen (secondary N) is 1. The second-order valence-electron chi connectivity index (χ2n) is 5.89. The predicted octanol–water partition coefficient (Wildman–Crippen LogP) is 1.70. The highest BCUT2D eigenvalue weighted by Gasteiger charge is 2.34. The van der Waals surface area contributed by atoms with Gasteiger partial charge in [0.2, 0.25) is 0 Å². The molecule has 1 heterocycles. The molecule has 0 aromatic rings. The first-order valence-electron chi connectivity index (χ1n) is 6.49. The fourth-order valence-electron chi connectivity index (χ4n) is 2.54. The number of likely N-dealkylation sites (N-methyl/N-ethyl adjacent to an activating group) is 1. The van der Waals surface area contributed by atoms with Gasteiger partial charge in [-0.1, -0.05) is 0 Å². The van der Waals surface area contributed by atoms with Gasteiger partial charge in [0.05, 0.1) is 0 Å². The highest BCUT2D eigenvalue weighted by atomic mass is 16.4. The minimum atomic E-state index is -0.788. The molecule has 0 bridgehead atoms. The molecule has 1 rings (SSSR count). The summed E-state index contributed by atoms with van der Waals surface area (Å²) in [4.78, 5) is 13.6. The minimum absolute atomic E-state index is 0.291. The first kappa shape index (κ1) is 14.5. The molecule has 4 nitrogen and oxygen atoms in total. The molecule has 1 atom stereocenters. The lowest BCUT2D eigenvalue weighted by Gasteiger charge is -2.32. The zero-order chi connectivity index (χ0) is 13.1. The Morgan fingerprint density at radius 2 is 2.18 bits per heavy atom. The predicted molar refractivity (Wildman–Crippen MR) is 69.2 cm³/mol. The average Bonchev–Trinajstić information content (AvgIpc) is 2.57. The molecule has 100 valence electrons. The molecule has 1 fully saturated rings. The van der Waals surface area contributed by atoms with Crippen LogP contribution in [0.1, 0.15) is 46.5 Å². The normalized spacial score (nSPS) is 23.5. The van der Waals surface area contributed by atoms with Gasteiger partial charge in [-0.25, -0.2) is 0 Å².